The monoisotopic (exact) mass is 274 g/mol. The number of para-hydroxylation sites is 1. The van der Waals surface area contributed by atoms with Gasteiger partial charge in [-0.1, -0.05) is 25.1 Å². The van der Waals surface area contributed by atoms with Crippen LogP contribution in [0, 0.1) is 5.92 Å². The molecule has 0 saturated carbocycles. The van der Waals surface area contributed by atoms with Gasteiger partial charge in [0.1, 0.15) is 5.75 Å². The second-order valence-corrected chi connectivity index (χ2v) is 5.42. The second-order valence-electron chi connectivity index (χ2n) is 5.42. The summed E-state index contributed by atoms with van der Waals surface area (Å²) in [6, 6.07) is 7.75. The Morgan fingerprint density at radius 3 is 2.65 bits per heavy atom. The van der Waals surface area contributed by atoms with Crippen LogP contribution in [0.3, 0.4) is 0 Å². The summed E-state index contributed by atoms with van der Waals surface area (Å²) >= 11 is 0. The Morgan fingerprint density at radius 2 is 2.00 bits per heavy atom. The van der Waals surface area contributed by atoms with E-state index in [4.69, 9.17) is 4.74 Å². The van der Waals surface area contributed by atoms with Crippen molar-refractivity contribution in [3.05, 3.63) is 29.8 Å². The van der Waals surface area contributed by atoms with Gasteiger partial charge in [-0.2, -0.15) is 0 Å². The number of fused-ring (bicyclic) bond motifs is 1. The highest BCUT2D eigenvalue weighted by molar-refractivity contribution is 5.87. The lowest BCUT2D eigenvalue weighted by Crippen LogP contribution is -2.58. The lowest BCUT2D eigenvalue weighted by atomic mass is 9.93. The number of nitrogens with one attached hydrogen (secondary N) is 1. The zero-order valence-corrected chi connectivity index (χ0v) is 11.6. The van der Waals surface area contributed by atoms with Crippen LogP contribution in [0.4, 0.5) is 0 Å². The maximum Gasteiger partial charge on any atom is 0.264 e. The van der Waals surface area contributed by atoms with E-state index in [0.29, 0.717) is 13.1 Å². The minimum Gasteiger partial charge on any atom is -0.480 e. The summed E-state index contributed by atoms with van der Waals surface area (Å²) in [6.07, 6.45) is -0.460. The van der Waals surface area contributed by atoms with Crippen LogP contribution >= 0.6 is 0 Å². The molecular formula is C15H18N2O3. The van der Waals surface area contributed by atoms with Crippen molar-refractivity contribution in [3.8, 4) is 5.75 Å². The van der Waals surface area contributed by atoms with Crippen molar-refractivity contribution >= 4 is 11.8 Å². The van der Waals surface area contributed by atoms with Crippen molar-refractivity contribution in [2.75, 3.05) is 20.1 Å². The summed E-state index contributed by atoms with van der Waals surface area (Å²) in [7, 11) is 1.62. The van der Waals surface area contributed by atoms with Crippen molar-refractivity contribution in [2.45, 2.75) is 18.9 Å². The van der Waals surface area contributed by atoms with Gasteiger partial charge in [-0.05, 0) is 6.07 Å². The van der Waals surface area contributed by atoms with Crippen molar-refractivity contribution in [1.29, 1.82) is 0 Å². The molecule has 3 rings (SSSR count). The molecule has 2 aliphatic heterocycles. The van der Waals surface area contributed by atoms with Gasteiger partial charge in [-0.25, -0.2) is 0 Å². The van der Waals surface area contributed by atoms with Gasteiger partial charge in [0.05, 0.1) is 5.92 Å². The van der Waals surface area contributed by atoms with Crippen LogP contribution in [0.1, 0.15) is 18.4 Å². The number of likely N-dealkylation sites (tertiary alicyclic amines) is 1. The SMILES string of the molecule is CNC(=O)C1CN(C(=O)[C@H]2Oc3ccccc3[C@@H]2C)C1. The predicted molar refractivity (Wildman–Crippen MR) is 73.4 cm³/mol. The molecule has 2 atom stereocenters. The number of rotatable bonds is 2. The molecule has 1 aromatic carbocycles. The van der Waals surface area contributed by atoms with Crippen molar-refractivity contribution in [3.63, 3.8) is 0 Å². The van der Waals surface area contributed by atoms with Crippen LogP contribution in [0.2, 0.25) is 0 Å². The van der Waals surface area contributed by atoms with E-state index in [1.54, 1.807) is 11.9 Å². The molecule has 5 nitrogen and oxygen atoms in total. The highest BCUT2D eigenvalue weighted by Gasteiger charge is 2.43. The van der Waals surface area contributed by atoms with Gasteiger partial charge >= 0.3 is 0 Å². The minimum atomic E-state index is -0.460. The normalized spacial score (nSPS) is 24.6. The first-order valence-corrected chi connectivity index (χ1v) is 6.87. The summed E-state index contributed by atoms with van der Waals surface area (Å²) < 4.78 is 5.77. The summed E-state index contributed by atoms with van der Waals surface area (Å²) in [5.41, 5.74) is 1.08. The van der Waals surface area contributed by atoms with E-state index in [1.165, 1.54) is 0 Å². The molecule has 20 heavy (non-hydrogen) atoms. The molecule has 1 saturated heterocycles. The Bertz CT molecular complexity index is 552. The van der Waals surface area contributed by atoms with Crippen LogP contribution in [0.5, 0.6) is 5.75 Å². The molecule has 5 heteroatoms. The Balaban J connectivity index is 1.65. The highest BCUT2D eigenvalue weighted by atomic mass is 16.5. The van der Waals surface area contributed by atoms with Crippen molar-refractivity contribution in [2.24, 2.45) is 5.92 Å². The molecule has 2 aliphatic rings. The van der Waals surface area contributed by atoms with E-state index in [0.717, 1.165) is 11.3 Å². The Kier molecular flexibility index (Phi) is 3.12. The number of nitrogens with zero attached hydrogens (tertiary/aromatic N) is 1. The lowest BCUT2D eigenvalue weighted by molar-refractivity contribution is -0.148. The van der Waals surface area contributed by atoms with E-state index < -0.39 is 6.10 Å². The minimum absolute atomic E-state index is 0.00211. The maximum atomic E-state index is 12.4. The van der Waals surface area contributed by atoms with Gasteiger partial charge in [0.15, 0.2) is 6.10 Å². The van der Waals surface area contributed by atoms with Crippen LogP contribution in [0.15, 0.2) is 24.3 Å². The fourth-order valence-electron chi connectivity index (χ4n) is 2.84. The van der Waals surface area contributed by atoms with Gasteiger partial charge in [0.2, 0.25) is 5.91 Å². The fourth-order valence-corrected chi connectivity index (χ4v) is 2.84. The van der Waals surface area contributed by atoms with Crippen LogP contribution in [-0.4, -0.2) is 43.0 Å². The molecular weight excluding hydrogens is 256 g/mol. The molecule has 0 radical (unpaired) electrons. The maximum absolute atomic E-state index is 12.4. The second kappa shape index (κ2) is 4.81. The fraction of sp³-hybridized carbons (Fsp3) is 0.467. The van der Waals surface area contributed by atoms with Gasteiger partial charge in [-0.15, -0.1) is 0 Å². The smallest absolute Gasteiger partial charge is 0.264 e. The molecule has 1 N–H and O–H groups in total. The van der Waals surface area contributed by atoms with E-state index in [2.05, 4.69) is 5.32 Å². The van der Waals surface area contributed by atoms with Crippen molar-refractivity contribution in [1.82, 2.24) is 10.2 Å². The van der Waals surface area contributed by atoms with Gasteiger partial charge in [0.25, 0.3) is 5.91 Å². The molecule has 1 fully saturated rings. The van der Waals surface area contributed by atoms with Crippen LogP contribution < -0.4 is 10.1 Å². The zero-order chi connectivity index (χ0) is 14.3. The molecule has 0 aromatic heterocycles. The first-order chi connectivity index (χ1) is 9.61. The number of amides is 2. The summed E-state index contributed by atoms with van der Waals surface area (Å²) in [4.78, 5) is 25.6. The largest absolute Gasteiger partial charge is 0.480 e. The third-order valence-corrected chi connectivity index (χ3v) is 4.17. The first-order valence-electron chi connectivity index (χ1n) is 6.87. The zero-order valence-electron chi connectivity index (χ0n) is 11.6. The van der Waals surface area contributed by atoms with Gasteiger partial charge in [0, 0.05) is 31.6 Å². The van der Waals surface area contributed by atoms with Crippen LogP contribution in [0.25, 0.3) is 0 Å². The van der Waals surface area contributed by atoms with Crippen LogP contribution in [-0.2, 0) is 9.59 Å². The van der Waals surface area contributed by atoms with E-state index >= 15 is 0 Å². The molecule has 0 spiro atoms. The number of carbonyl (C=O) groups excluding carboxylic acids is 2. The average Bonchev–Trinajstić information content (AvgIpc) is 2.74. The van der Waals surface area contributed by atoms with E-state index in [-0.39, 0.29) is 23.7 Å². The molecule has 106 valence electrons. The molecule has 0 bridgehead atoms. The third-order valence-electron chi connectivity index (χ3n) is 4.17. The topological polar surface area (TPSA) is 58.6 Å². The summed E-state index contributed by atoms with van der Waals surface area (Å²) in [6.45, 7) is 2.98. The number of hydrogen-bond donors (Lipinski definition) is 1. The van der Waals surface area contributed by atoms with Gasteiger partial charge in [-0.3, -0.25) is 9.59 Å². The molecule has 2 amide bonds. The third kappa shape index (κ3) is 1.94. The highest BCUT2D eigenvalue weighted by Crippen LogP contribution is 2.38. The molecule has 1 aromatic rings. The number of ether oxygens (including phenoxy) is 1. The Morgan fingerprint density at radius 1 is 1.30 bits per heavy atom. The van der Waals surface area contributed by atoms with E-state index in [9.17, 15) is 9.59 Å². The number of hydrogen-bond acceptors (Lipinski definition) is 3. The lowest BCUT2D eigenvalue weighted by Gasteiger charge is -2.39. The molecule has 2 heterocycles. The number of carbonyl (C=O) groups is 2. The quantitative estimate of drug-likeness (QED) is 0.866. The summed E-state index contributed by atoms with van der Waals surface area (Å²) in [5, 5.41) is 2.61. The Hall–Kier alpha value is -2.04. The Labute approximate surface area is 117 Å². The summed E-state index contributed by atoms with van der Waals surface area (Å²) in [5.74, 6) is 0.745. The average molecular weight is 274 g/mol. The van der Waals surface area contributed by atoms with Gasteiger partial charge < -0.3 is 15.0 Å². The number of benzene rings is 1. The molecule has 0 unspecified atom stereocenters. The van der Waals surface area contributed by atoms with E-state index in [1.807, 2.05) is 31.2 Å². The molecule has 0 aliphatic carbocycles. The standard InChI is InChI=1S/C15H18N2O3/c1-9-11-5-3-4-6-12(11)20-13(9)15(19)17-7-10(8-17)14(18)16-2/h3-6,9-10,13H,7-8H2,1-2H3,(H,16,18)/t9-,13-/m0/s1. The first kappa shape index (κ1) is 13.0. The van der Waals surface area contributed by atoms with Crippen molar-refractivity contribution < 1.29 is 14.3 Å². The predicted octanol–water partition coefficient (Wildman–Crippen LogP) is 0.756.